The standard InChI is InChI=1S/C56H88O6/c1-4-7-10-13-16-19-21-23-25-27-29-30-32-34-37-40-43-46-49-55(58)61-52-53(51-60-54(57)48-45-42-39-36-18-15-12-9-6-3)62-56(59)50-47-44-41-38-35-33-31-28-26-24-22-20-17-14-11-8-5-2/h8-9,11-12,17-18,20-21,23-27,29-31,33,36,38,41,53H,4-7,10,13-16,19,22,28,32,34-35,37,39-40,42-52H2,1-3H3/b11-8-,12-9-,20-17-,23-21-,26-24-,27-25-,30-29-,33-31-,36-18-,41-38-. The highest BCUT2D eigenvalue weighted by Crippen LogP contribution is 2.11. The van der Waals surface area contributed by atoms with E-state index in [1.54, 1.807) is 0 Å². The van der Waals surface area contributed by atoms with Crippen LogP contribution in [0.25, 0.3) is 0 Å². The minimum absolute atomic E-state index is 0.125. The molecule has 0 amide bonds. The highest BCUT2D eigenvalue weighted by atomic mass is 16.6. The first-order chi connectivity index (χ1) is 30.5. The molecule has 0 aliphatic rings. The van der Waals surface area contributed by atoms with E-state index < -0.39 is 6.10 Å². The molecule has 1 atom stereocenters. The van der Waals surface area contributed by atoms with E-state index in [2.05, 4.69) is 142 Å². The molecule has 0 spiro atoms. The molecule has 0 saturated heterocycles. The molecule has 62 heavy (non-hydrogen) atoms. The van der Waals surface area contributed by atoms with Gasteiger partial charge in [0.25, 0.3) is 0 Å². The van der Waals surface area contributed by atoms with Crippen LogP contribution in [0.4, 0.5) is 0 Å². The molecule has 0 aromatic rings. The number of hydrogen-bond acceptors (Lipinski definition) is 6. The van der Waals surface area contributed by atoms with Gasteiger partial charge in [0, 0.05) is 19.3 Å². The molecule has 1 unspecified atom stereocenters. The second kappa shape index (κ2) is 49.5. The largest absolute Gasteiger partial charge is 0.462 e. The van der Waals surface area contributed by atoms with E-state index >= 15 is 0 Å². The van der Waals surface area contributed by atoms with Crippen molar-refractivity contribution in [1.29, 1.82) is 0 Å². The number of allylic oxidation sites excluding steroid dienone is 20. The number of carbonyl (C=O) groups excluding carboxylic acids is 3. The maximum atomic E-state index is 12.7. The van der Waals surface area contributed by atoms with Crippen LogP contribution in [-0.2, 0) is 28.6 Å². The first-order valence-electron chi connectivity index (χ1n) is 24.6. The normalized spacial score (nSPS) is 13.1. The van der Waals surface area contributed by atoms with Gasteiger partial charge < -0.3 is 14.2 Å². The first kappa shape index (κ1) is 57.8. The molecule has 0 aromatic heterocycles. The van der Waals surface area contributed by atoms with Crippen molar-refractivity contribution >= 4 is 17.9 Å². The molecule has 0 fully saturated rings. The summed E-state index contributed by atoms with van der Waals surface area (Å²) < 4.78 is 16.6. The lowest BCUT2D eigenvalue weighted by Crippen LogP contribution is -2.30. The van der Waals surface area contributed by atoms with E-state index in [-0.39, 0.29) is 37.5 Å². The monoisotopic (exact) mass is 857 g/mol. The molecular weight excluding hydrogens is 769 g/mol. The second-order valence-electron chi connectivity index (χ2n) is 15.7. The van der Waals surface area contributed by atoms with Crippen molar-refractivity contribution in [1.82, 2.24) is 0 Å². The van der Waals surface area contributed by atoms with Crippen molar-refractivity contribution in [2.75, 3.05) is 13.2 Å². The van der Waals surface area contributed by atoms with Crippen molar-refractivity contribution in [2.45, 2.75) is 200 Å². The molecule has 0 aliphatic carbocycles. The summed E-state index contributed by atoms with van der Waals surface area (Å²) in [6.45, 7) is 6.26. The SMILES string of the molecule is CC/C=C\C/C=C\C/C=C\C/C=C\C/C=C\CCCC(=O)OC(COC(=O)CCCC/C=C\C/C=C\CC)COC(=O)CCCCCCC\C=C/C=C\C=C/CCCCCCC. The van der Waals surface area contributed by atoms with Crippen molar-refractivity contribution in [3.63, 3.8) is 0 Å². The molecule has 0 rings (SSSR count). The molecule has 6 nitrogen and oxygen atoms in total. The van der Waals surface area contributed by atoms with E-state index in [4.69, 9.17) is 14.2 Å². The topological polar surface area (TPSA) is 78.9 Å². The number of carbonyl (C=O) groups is 3. The summed E-state index contributed by atoms with van der Waals surface area (Å²) in [6.07, 6.45) is 67.7. The van der Waals surface area contributed by atoms with Gasteiger partial charge in [0.1, 0.15) is 13.2 Å². The van der Waals surface area contributed by atoms with Gasteiger partial charge in [0.2, 0.25) is 0 Å². The number of ether oxygens (including phenoxy) is 3. The van der Waals surface area contributed by atoms with Crippen LogP contribution in [0.15, 0.2) is 122 Å². The van der Waals surface area contributed by atoms with E-state index in [0.29, 0.717) is 25.7 Å². The van der Waals surface area contributed by atoms with Gasteiger partial charge >= 0.3 is 17.9 Å². The lowest BCUT2D eigenvalue weighted by Gasteiger charge is -2.18. The Bertz CT molecular complexity index is 1350. The summed E-state index contributed by atoms with van der Waals surface area (Å²) >= 11 is 0. The zero-order valence-electron chi connectivity index (χ0n) is 39.6. The molecule has 0 aromatic carbocycles. The van der Waals surface area contributed by atoms with Crippen LogP contribution in [0.5, 0.6) is 0 Å². The number of unbranched alkanes of at least 4 members (excludes halogenated alkanes) is 13. The third kappa shape index (κ3) is 46.9. The fourth-order valence-corrected chi connectivity index (χ4v) is 6.10. The molecule has 6 heteroatoms. The second-order valence-corrected chi connectivity index (χ2v) is 15.7. The van der Waals surface area contributed by atoms with Crippen LogP contribution in [0.2, 0.25) is 0 Å². The highest BCUT2D eigenvalue weighted by Gasteiger charge is 2.19. The van der Waals surface area contributed by atoms with Crippen molar-refractivity contribution in [3.05, 3.63) is 122 Å². The van der Waals surface area contributed by atoms with Crippen molar-refractivity contribution in [3.8, 4) is 0 Å². The molecule has 0 saturated carbocycles. The van der Waals surface area contributed by atoms with Gasteiger partial charge in [0.05, 0.1) is 0 Å². The van der Waals surface area contributed by atoms with Gasteiger partial charge in [-0.1, -0.05) is 187 Å². The first-order valence-corrected chi connectivity index (χ1v) is 24.6. The van der Waals surface area contributed by atoms with E-state index in [0.717, 1.165) is 109 Å². The van der Waals surface area contributed by atoms with Gasteiger partial charge in [-0.05, 0) is 109 Å². The van der Waals surface area contributed by atoms with Crippen LogP contribution in [0.1, 0.15) is 194 Å². The van der Waals surface area contributed by atoms with Gasteiger partial charge in [-0.2, -0.15) is 0 Å². The zero-order valence-corrected chi connectivity index (χ0v) is 39.6. The van der Waals surface area contributed by atoms with E-state index in [9.17, 15) is 14.4 Å². The maximum absolute atomic E-state index is 12.7. The van der Waals surface area contributed by atoms with Crippen LogP contribution >= 0.6 is 0 Å². The number of rotatable bonds is 42. The lowest BCUT2D eigenvalue weighted by molar-refractivity contribution is -0.167. The molecule has 348 valence electrons. The Hall–Kier alpha value is -4.19. The third-order valence-electron chi connectivity index (χ3n) is 9.74. The average molecular weight is 857 g/mol. The van der Waals surface area contributed by atoms with E-state index in [1.165, 1.54) is 32.1 Å². The lowest BCUT2D eigenvalue weighted by atomic mass is 10.1. The summed E-state index contributed by atoms with van der Waals surface area (Å²) in [7, 11) is 0. The van der Waals surface area contributed by atoms with E-state index in [1.807, 2.05) is 0 Å². The van der Waals surface area contributed by atoms with Gasteiger partial charge in [-0.25, -0.2) is 0 Å². The molecule has 0 radical (unpaired) electrons. The molecular formula is C56H88O6. The van der Waals surface area contributed by atoms with Crippen molar-refractivity contribution in [2.24, 2.45) is 0 Å². The Balaban J connectivity index is 4.52. The summed E-state index contributed by atoms with van der Waals surface area (Å²) in [5.74, 6) is -1.05. The summed E-state index contributed by atoms with van der Waals surface area (Å²) in [6, 6.07) is 0. The van der Waals surface area contributed by atoms with Gasteiger partial charge in [-0.3, -0.25) is 14.4 Å². The predicted molar refractivity (Wildman–Crippen MR) is 265 cm³/mol. The third-order valence-corrected chi connectivity index (χ3v) is 9.74. The Labute approximate surface area is 380 Å². The maximum Gasteiger partial charge on any atom is 0.306 e. The smallest absolute Gasteiger partial charge is 0.306 e. The predicted octanol–water partition coefficient (Wildman–Crippen LogP) is 16.1. The van der Waals surface area contributed by atoms with Crippen LogP contribution in [0.3, 0.4) is 0 Å². The zero-order chi connectivity index (χ0) is 45.1. The van der Waals surface area contributed by atoms with Crippen LogP contribution in [0, 0.1) is 0 Å². The minimum Gasteiger partial charge on any atom is -0.462 e. The molecule has 0 N–H and O–H groups in total. The average Bonchev–Trinajstić information content (AvgIpc) is 3.27. The molecule has 0 bridgehead atoms. The Kier molecular flexibility index (Phi) is 46.1. The summed E-state index contributed by atoms with van der Waals surface area (Å²) in [5, 5.41) is 0. The van der Waals surface area contributed by atoms with Crippen LogP contribution < -0.4 is 0 Å². The Morgan fingerprint density at radius 3 is 1.19 bits per heavy atom. The number of esters is 3. The fraction of sp³-hybridized carbons (Fsp3) is 0.589. The van der Waals surface area contributed by atoms with Crippen molar-refractivity contribution < 1.29 is 28.6 Å². The van der Waals surface area contributed by atoms with Gasteiger partial charge in [0.15, 0.2) is 6.10 Å². The quantitative estimate of drug-likeness (QED) is 0.0200. The van der Waals surface area contributed by atoms with Gasteiger partial charge in [-0.15, -0.1) is 0 Å². The number of hydrogen-bond donors (Lipinski definition) is 0. The molecule has 0 aliphatic heterocycles. The Morgan fingerprint density at radius 1 is 0.355 bits per heavy atom. The minimum atomic E-state index is -0.831. The molecule has 0 heterocycles. The fourth-order valence-electron chi connectivity index (χ4n) is 6.10. The summed E-state index contributed by atoms with van der Waals surface area (Å²) in [5.41, 5.74) is 0. The highest BCUT2D eigenvalue weighted by molar-refractivity contribution is 5.71. The summed E-state index contributed by atoms with van der Waals surface area (Å²) in [4.78, 5) is 37.8. The van der Waals surface area contributed by atoms with Crippen LogP contribution in [-0.4, -0.2) is 37.2 Å². The Morgan fingerprint density at radius 2 is 0.710 bits per heavy atom.